The first-order valence-corrected chi connectivity index (χ1v) is 7.66. The van der Waals surface area contributed by atoms with Gasteiger partial charge in [-0.2, -0.15) is 0 Å². The van der Waals surface area contributed by atoms with Crippen molar-refractivity contribution < 1.29 is 0 Å². The number of hydrogen-bond donors (Lipinski definition) is 0. The molecule has 102 valence electrons. The minimum absolute atomic E-state index is 0.470. The van der Waals surface area contributed by atoms with Gasteiger partial charge in [-0.1, -0.05) is 44.4 Å². The van der Waals surface area contributed by atoms with Crippen LogP contribution in [-0.2, 0) is 5.88 Å². The molecule has 1 rings (SSSR count). The molecular formula is C15H23Cl2N. The van der Waals surface area contributed by atoms with Crippen molar-refractivity contribution in [1.82, 2.24) is 0 Å². The van der Waals surface area contributed by atoms with Crippen molar-refractivity contribution in [3.8, 4) is 0 Å². The molecule has 1 nitrogen and oxygen atoms in total. The van der Waals surface area contributed by atoms with Gasteiger partial charge in [0.05, 0.1) is 0 Å². The number of alkyl halides is 1. The van der Waals surface area contributed by atoms with Gasteiger partial charge in [-0.3, -0.25) is 0 Å². The van der Waals surface area contributed by atoms with Gasteiger partial charge in [0, 0.05) is 29.7 Å². The van der Waals surface area contributed by atoms with Gasteiger partial charge in [0.25, 0.3) is 0 Å². The van der Waals surface area contributed by atoms with E-state index in [-0.39, 0.29) is 0 Å². The van der Waals surface area contributed by atoms with E-state index in [1.807, 2.05) is 12.1 Å². The summed E-state index contributed by atoms with van der Waals surface area (Å²) in [5.41, 5.74) is 2.20. The van der Waals surface area contributed by atoms with Gasteiger partial charge in [-0.25, -0.2) is 0 Å². The third-order valence-corrected chi connectivity index (χ3v) is 4.20. The van der Waals surface area contributed by atoms with E-state index in [4.69, 9.17) is 23.2 Å². The quantitative estimate of drug-likeness (QED) is 0.612. The fraction of sp³-hybridized carbons (Fsp3) is 0.600. The standard InChI is InChI=1S/C15H23Cl2N/c1-4-12(5-2)11-18(6-3)14-8-7-13(10-16)15(17)9-14/h7-9,12H,4-6,10-11H2,1-3H3. The highest BCUT2D eigenvalue weighted by Crippen LogP contribution is 2.26. The highest BCUT2D eigenvalue weighted by molar-refractivity contribution is 6.32. The predicted molar refractivity (Wildman–Crippen MR) is 83.0 cm³/mol. The first kappa shape index (κ1) is 15.7. The molecule has 0 amide bonds. The third kappa shape index (κ3) is 4.07. The van der Waals surface area contributed by atoms with Crippen molar-refractivity contribution in [2.45, 2.75) is 39.5 Å². The largest absolute Gasteiger partial charge is 0.371 e. The van der Waals surface area contributed by atoms with E-state index in [1.165, 1.54) is 18.5 Å². The molecule has 0 unspecified atom stereocenters. The van der Waals surface area contributed by atoms with Crippen molar-refractivity contribution in [1.29, 1.82) is 0 Å². The second kappa shape index (κ2) is 7.91. The van der Waals surface area contributed by atoms with Crippen LogP contribution in [0.2, 0.25) is 5.02 Å². The van der Waals surface area contributed by atoms with Gasteiger partial charge in [-0.05, 0) is 30.5 Å². The molecule has 1 aromatic rings. The van der Waals surface area contributed by atoms with Crippen LogP contribution in [0, 0.1) is 5.92 Å². The lowest BCUT2D eigenvalue weighted by atomic mass is 10.0. The molecule has 0 fully saturated rings. The number of halogens is 2. The van der Waals surface area contributed by atoms with E-state index in [1.54, 1.807) is 0 Å². The lowest BCUT2D eigenvalue weighted by molar-refractivity contribution is 0.486. The summed E-state index contributed by atoms with van der Waals surface area (Å²) in [7, 11) is 0. The van der Waals surface area contributed by atoms with Crippen molar-refractivity contribution in [3.05, 3.63) is 28.8 Å². The molecule has 0 radical (unpaired) electrons. The molecule has 0 atom stereocenters. The minimum Gasteiger partial charge on any atom is -0.371 e. The Morgan fingerprint density at radius 2 is 1.83 bits per heavy atom. The van der Waals surface area contributed by atoms with Crippen LogP contribution in [0.25, 0.3) is 0 Å². The van der Waals surface area contributed by atoms with Gasteiger partial charge in [-0.15, -0.1) is 11.6 Å². The maximum atomic E-state index is 6.22. The van der Waals surface area contributed by atoms with Crippen LogP contribution in [0.4, 0.5) is 5.69 Å². The molecular weight excluding hydrogens is 265 g/mol. The first-order valence-electron chi connectivity index (χ1n) is 6.75. The lowest BCUT2D eigenvalue weighted by Gasteiger charge is -2.27. The Morgan fingerprint density at radius 1 is 1.17 bits per heavy atom. The van der Waals surface area contributed by atoms with E-state index in [0.717, 1.165) is 29.6 Å². The van der Waals surface area contributed by atoms with Crippen molar-refractivity contribution in [2.75, 3.05) is 18.0 Å². The highest BCUT2D eigenvalue weighted by Gasteiger charge is 2.12. The average molecular weight is 288 g/mol. The fourth-order valence-electron chi connectivity index (χ4n) is 2.12. The average Bonchev–Trinajstić information content (AvgIpc) is 2.40. The SMILES string of the molecule is CCC(CC)CN(CC)c1ccc(CCl)c(Cl)c1. The summed E-state index contributed by atoms with van der Waals surface area (Å²) in [6.45, 7) is 8.80. The van der Waals surface area contributed by atoms with Crippen LogP contribution in [0.5, 0.6) is 0 Å². The van der Waals surface area contributed by atoms with Gasteiger partial charge < -0.3 is 4.90 Å². The van der Waals surface area contributed by atoms with Gasteiger partial charge in [0.15, 0.2) is 0 Å². The Labute approximate surface area is 121 Å². The Hall–Kier alpha value is -0.400. The van der Waals surface area contributed by atoms with E-state index in [2.05, 4.69) is 31.7 Å². The minimum atomic E-state index is 0.470. The molecule has 0 bridgehead atoms. The molecule has 3 heteroatoms. The summed E-state index contributed by atoms with van der Waals surface area (Å²) >= 11 is 12.1. The summed E-state index contributed by atoms with van der Waals surface area (Å²) in [5, 5.41) is 0.769. The molecule has 0 saturated heterocycles. The van der Waals surface area contributed by atoms with Gasteiger partial charge in [0.2, 0.25) is 0 Å². The Balaban J connectivity index is 2.84. The van der Waals surface area contributed by atoms with Crippen LogP contribution in [0.3, 0.4) is 0 Å². The second-order valence-corrected chi connectivity index (χ2v) is 5.30. The zero-order valence-electron chi connectivity index (χ0n) is 11.5. The molecule has 1 aromatic carbocycles. The van der Waals surface area contributed by atoms with Crippen molar-refractivity contribution >= 4 is 28.9 Å². The summed E-state index contributed by atoms with van der Waals surface area (Å²) in [6.07, 6.45) is 2.45. The number of hydrogen-bond acceptors (Lipinski definition) is 1. The lowest BCUT2D eigenvalue weighted by Crippen LogP contribution is -2.28. The molecule has 0 saturated carbocycles. The fourth-order valence-corrected chi connectivity index (χ4v) is 2.66. The topological polar surface area (TPSA) is 3.24 Å². The zero-order chi connectivity index (χ0) is 13.5. The highest BCUT2D eigenvalue weighted by atomic mass is 35.5. The molecule has 0 aliphatic carbocycles. The van der Waals surface area contributed by atoms with E-state index in [0.29, 0.717) is 5.88 Å². The number of rotatable bonds is 7. The molecule has 0 aliphatic heterocycles. The van der Waals surface area contributed by atoms with Crippen molar-refractivity contribution in [2.24, 2.45) is 5.92 Å². The Bertz CT molecular complexity index is 362. The summed E-state index contributed by atoms with van der Waals surface area (Å²) < 4.78 is 0. The van der Waals surface area contributed by atoms with Crippen LogP contribution in [0.15, 0.2) is 18.2 Å². The monoisotopic (exact) mass is 287 g/mol. The predicted octanol–water partition coefficient (Wildman–Crippen LogP) is 5.34. The molecule has 0 aliphatic rings. The zero-order valence-corrected chi connectivity index (χ0v) is 13.1. The molecule has 0 spiro atoms. The molecule has 0 N–H and O–H groups in total. The normalized spacial score (nSPS) is 11.0. The smallest absolute Gasteiger partial charge is 0.0488 e. The molecule has 0 aromatic heterocycles. The number of nitrogens with zero attached hydrogens (tertiary/aromatic N) is 1. The van der Waals surface area contributed by atoms with Crippen molar-refractivity contribution in [3.63, 3.8) is 0 Å². The van der Waals surface area contributed by atoms with Crippen LogP contribution in [0.1, 0.15) is 39.2 Å². The third-order valence-electron chi connectivity index (χ3n) is 3.56. The van der Waals surface area contributed by atoms with E-state index < -0.39 is 0 Å². The summed E-state index contributed by atoms with van der Waals surface area (Å²) in [4.78, 5) is 2.39. The van der Waals surface area contributed by atoms with E-state index in [9.17, 15) is 0 Å². The number of anilines is 1. The Kier molecular flexibility index (Phi) is 6.88. The molecule has 0 heterocycles. The second-order valence-electron chi connectivity index (χ2n) is 4.63. The summed E-state index contributed by atoms with van der Waals surface area (Å²) in [5.74, 6) is 1.22. The van der Waals surface area contributed by atoms with Gasteiger partial charge >= 0.3 is 0 Å². The van der Waals surface area contributed by atoms with E-state index >= 15 is 0 Å². The van der Waals surface area contributed by atoms with Gasteiger partial charge in [0.1, 0.15) is 0 Å². The maximum absolute atomic E-state index is 6.22. The molecule has 18 heavy (non-hydrogen) atoms. The number of benzene rings is 1. The summed E-state index contributed by atoms with van der Waals surface area (Å²) in [6, 6.07) is 6.18. The van der Waals surface area contributed by atoms with Crippen LogP contribution in [-0.4, -0.2) is 13.1 Å². The first-order chi connectivity index (χ1) is 8.65. The van der Waals surface area contributed by atoms with Crippen LogP contribution < -0.4 is 4.90 Å². The Morgan fingerprint density at radius 3 is 2.28 bits per heavy atom. The van der Waals surface area contributed by atoms with Crippen LogP contribution >= 0.6 is 23.2 Å². The maximum Gasteiger partial charge on any atom is 0.0488 e.